The summed E-state index contributed by atoms with van der Waals surface area (Å²) in [7, 11) is -0.252. The summed E-state index contributed by atoms with van der Waals surface area (Å²) in [4.78, 5) is 28.0. The first-order chi connectivity index (χ1) is 20.0. The topological polar surface area (TPSA) is 114 Å². The van der Waals surface area contributed by atoms with Crippen molar-refractivity contribution in [2.24, 2.45) is 0 Å². The second kappa shape index (κ2) is 14.5. The van der Waals surface area contributed by atoms with Gasteiger partial charge in [-0.05, 0) is 61.9 Å². The van der Waals surface area contributed by atoms with Crippen LogP contribution in [0.5, 0.6) is 17.2 Å². The highest BCUT2D eigenvalue weighted by atomic mass is 35.5. The van der Waals surface area contributed by atoms with Gasteiger partial charge in [0.15, 0.2) is 11.5 Å². The summed E-state index contributed by atoms with van der Waals surface area (Å²) in [6, 6.07) is 14.4. The highest BCUT2D eigenvalue weighted by Crippen LogP contribution is 2.37. The molecule has 10 nitrogen and oxygen atoms in total. The van der Waals surface area contributed by atoms with Crippen molar-refractivity contribution in [3.05, 3.63) is 76.3 Å². The van der Waals surface area contributed by atoms with Crippen LogP contribution in [0.15, 0.2) is 65.6 Å². The second-order valence-corrected chi connectivity index (χ2v) is 11.8. The molecule has 0 saturated heterocycles. The molecule has 226 valence electrons. The number of anilines is 1. The number of likely N-dealkylation sites (N-methyl/N-ethyl adjacent to an activating group) is 1. The van der Waals surface area contributed by atoms with Gasteiger partial charge in [0.25, 0.3) is 10.0 Å². The SMILES string of the molecule is CCNC(=O)[C@H](C)N(Cc1cccc(Cl)c1)C(=O)CN(c1cc(Cl)ccc1OC)S(=O)(=O)c1ccc(OC)c(OC)c1. The van der Waals surface area contributed by atoms with Crippen LogP contribution in [-0.2, 0) is 26.2 Å². The van der Waals surface area contributed by atoms with E-state index in [1.165, 1.54) is 62.6 Å². The molecule has 1 N–H and O–H groups in total. The minimum absolute atomic E-state index is 0.00534. The Kier molecular flexibility index (Phi) is 11.3. The minimum atomic E-state index is -4.44. The van der Waals surface area contributed by atoms with E-state index in [4.69, 9.17) is 37.4 Å². The van der Waals surface area contributed by atoms with E-state index in [2.05, 4.69) is 5.32 Å². The molecule has 3 aromatic rings. The molecular formula is C29H33Cl2N3O7S. The zero-order chi connectivity index (χ0) is 31.0. The number of amides is 2. The molecule has 2 amide bonds. The van der Waals surface area contributed by atoms with Crippen LogP contribution >= 0.6 is 23.2 Å². The Hall–Kier alpha value is -3.67. The molecule has 0 aliphatic rings. The van der Waals surface area contributed by atoms with Gasteiger partial charge in [0.2, 0.25) is 11.8 Å². The number of sulfonamides is 1. The number of nitrogens with one attached hydrogen (secondary N) is 1. The molecule has 0 aliphatic heterocycles. The van der Waals surface area contributed by atoms with Crippen LogP contribution in [0.25, 0.3) is 0 Å². The quantitative estimate of drug-likeness (QED) is 0.287. The Balaban J connectivity index is 2.15. The summed E-state index contributed by atoms with van der Waals surface area (Å²) in [5, 5.41) is 3.38. The van der Waals surface area contributed by atoms with Gasteiger partial charge in [0.1, 0.15) is 18.3 Å². The van der Waals surface area contributed by atoms with Crippen molar-refractivity contribution >= 4 is 50.7 Å². The lowest BCUT2D eigenvalue weighted by Gasteiger charge is -2.32. The Bertz CT molecular complexity index is 1540. The van der Waals surface area contributed by atoms with Crippen LogP contribution in [0.2, 0.25) is 10.0 Å². The fourth-order valence-electron chi connectivity index (χ4n) is 4.21. The van der Waals surface area contributed by atoms with Gasteiger partial charge in [-0.3, -0.25) is 13.9 Å². The maximum Gasteiger partial charge on any atom is 0.265 e. The van der Waals surface area contributed by atoms with Gasteiger partial charge in [-0.15, -0.1) is 0 Å². The fourth-order valence-corrected chi connectivity index (χ4v) is 6.02. The third kappa shape index (κ3) is 7.58. The predicted octanol–water partition coefficient (Wildman–Crippen LogP) is 4.77. The molecule has 0 spiro atoms. The summed E-state index contributed by atoms with van der Waals surface area (Å²) >= 11 is 12.4. The Morgan fingerprint density at radius 1 is 0.881 bits per heavy atom. The average Bonchev–Trinajstić information content (AvgIpc) is 2.97. The Morgan fingerprint density at radius 3 is 2.14 bits per heavy atom. The first-order valence-corrected chi connectivity index (χ1v) is 15.1. The summed E-state index contributed by atoms with van der Waals surface area (Å²) in [6.07, 6.45) is 0. The number of nitrogens with zero attached hydrogens (tertiary/aromatic N) is 2. The molecule has 0 aliphatic carbocycles. The normalized spacial score (nSPS) is 11.8. The lowest BCUT2D eigenvalue weighted by molar-refractivity contribution is -0.139. The first-order valence-electron chi connectivity index (χ1n) is 12.9. The highest BCUT2D eigenvalue weighted by Gasteiger charge is 2.34. The summed E-state index contributed by atoms with van der Waals surface area (Å²) in [6.45, 7) is 2.99. The maximum absolute atomic E-state index is 14.2. The molecule has 3 rings (SSSR count). The van der Waals surface area contributed by atoms with Crippen molar-refractivity contribution in [2.45, 2.75) is 31.3 Å². The summed E-state index contributed by atoms with van der Waals surface area (Å²) < 4.78 is 45.3. The number of hydrogen-bond donors (Lipinski definition) is 1. The highest BCUT2D eigenvalue weighted by molar-refractivity contribution is 7.92. The van der Waals surface area contributed by atoms with Gasteiger partial charge in [0.05, 0.1) is 31.9 Å². The molecule has 0 saturated carbocycles. The minimum Gasteiger partial charge on any atom is -0.495 e. The van der Waals surface area contributed by atoms with Crippen molar-refractivity contribution in [2.75, 3.05) is 38.7 Å². The number of ether oxygens (including phenoxy) is 3. The zero-order valence-electron chi connectivity index (χ0n) is 23.9. The molecule has 42 heavy (non-hydrogen) atoms. The monoisotopic (exact) mass is 637 g/mol. The van der Waals surface area contributed by atoms with Crippen LogP contribution in [0.3, 0.4) is 0 Å². The van der Waals surface area contributed by atoms with Gasteiger partial charge < -0.3 is 24.4 Å². The molecule has 0 unspecified atom stereocenters. The van der Waals surface area contributed by atoms with Crippen molar-refractivity contribution in [3.8, 4) is 17.2 Å². The van der Waals surface area contributed by atoms with Gasteiger partial charge in [-0.2, -0.15) is 0 Å². The summed E-state index contributed by atoms with van der Waals surface area (Å²) in [5.74, 6) is -0.394. The van der Waals surface area contributed by atoms with Gasteiger partial charge in [-0.25, -0.2) is 8.42 Å². The van der Waals surface area contributed by atoms with Crippen LogP contribution in [0.1, 0.15) is 19.4 Å². The van der Waals surface area contributed by atoms with E-state index in [-0.39, 0.29) is 33.6 Å². The van der Waals surface area contributed by atoms with Gasteiger partial charge in [-0.1, -0.05) is 35.3 Å². The average molecular weight is 639 g/mol. The molecule has 1 atom stereocenters. The van der Waals surface area contributed by atoms with Gasteiger partial charge in [0, 0.05) is 29.2 Å². The molecule has 0 bridgehead atoms. The van der Waals surface area contributed by atoms with Crippen molar-refractivity contribution < 1.29 is 32.2 Å². The number of benzene rings is 3. The van der Waals surface area contributed by atoms with E-state index in [0.29, 0.717) is 22.9 Å². The third-order valence-electron chi connectivity index (χ3n) is 6.39. The largest absolute Gasteiger partial charge is 0.495 e. The third-order valence-corrected chi connectivity index (χ3v) is 8.62. The number of halogens is 2. The molecule has 13 heteroatoms. The van der Waals surface area contributed by atoms with Crippen molar-refractivity contribution in [3.63, 3.8) is 0 Å². The zero-order valence-corrected chi connectivity index (χ0v) is 26.2. The van der Waals surface area contributed by atoms with Crippen molar-refractivity contribution in [1.82, 2.24) is 10.2 Å². The van der Waals surface area contributed by atoms with E-state index >= 15 is 0 Å². The molecule has 0 radical (unpaired) electrons. The lowest BCUT2D eigenvalue weighted by Crippen LogP contribution is -2.51. The molecule has 0 heterocycles. The maximum atomic E-state index is 14.2. The molecule has 0 fully saturated rings. The van der Waals surface area contributed by atoms with Gasteiger partial charge >= 0.3 is 0 Å². The number of carbonyl (C=O) groups excluding carboxylic acids is 2. The Labute approximate surface area is 256 Å². The predicted molar refractivity (Wildman–Crippen MR) is 162 cm³/mol. The molecular weight excluding hydrogens is 605 g/mol. The van der Waals surface area contributed by atoms with Crippen LogP contribution in [0, 0.1) is 0 Å². The first kappa shape index (κ1) is 32.8. The fraction of sp³-hybridized carbons (Fsp3) is 0.310. The lowest BCUT2D eigenvalue weighted by atomic mass is 10.1. The van der Waals surface area contributed by atoms with E-state index in [9.17, 15) is 18.0 Å². The van der Waals surface area contributed by atoms with E-state index < -0.39 is 34.4 Å². The van der Waals surface area contributed by atoms with Crippen LogP contribution in [0.4, 0.5) is 5.69 Å². The second-order valence-electron chi connectivity index (χ2n) is 9.07. The molecule has 0 aromatic heterocycles. The number of methoxy groups -OCH3 is 3. The standard InChI is InChI=1S/C29H33Cl2N3O7S/c1-6-32-29(36)19(2)33(17-20-8-7-9-21(30)14-20)28(35)18-34(24-15-22(31)10-12-25(24)39-3)42(37,38)23-11-13-26(40-4)27(16-23)41-5/h7-16,19H,6,17-18H2,1-5H3,(H,32,36)/t19-/m0/s1. The number of hydrogen-bond acceptors (Lipinski definition) is 7. The van der Waals surface area contributed by atoms with E-state index in [0.717, 1.165) is 4.31 Å². The number of rotatable bonds is 13. The smallest absolute Gasteiger partial charge is 0.265 e. The number of carbonyl (C=O) groups is 2. The summed E-state index contributed by atoms with van der Waals surface area (Å²) in [5.41, 5.74) is 0.683. The Morgan fingerprint density at radius 2 is 1.52 bits per heavy atom. The van der Waals surface area contributed by atoms with Crippen LogP contribution in [-0.4, -0.2) is 65.6 Å². The van der Waals surface area contributed by atoms with Crippen LogP contribution < -0.4 is 23.8 Å². The van der Waals surface area contributed by atoms with Crippen molar-refractivity contribution in [1.29, 1.82) is 0 Å². The molecule has 3 aromatic carbocycles. The van der Waals surface area contributed by atoms with E-state index in [1.54, 1.807) is 38.1 Å². The van der Waals surface area contributed by atoms with E-state index in [1.807, 2.05) is 0 Å².